The van der Waals surface area contributed by atoms with Gasteiger partial charge in [0.2, 0.25) is 0 Å². The molecule has 7 atom stereocenters. The molecule has 3 N–H and O–H groups in total. The van der Waals surface area contributed by atoms with Gasteiger partial charge in [-0.25, -0.2) is 4.68 Å². The van der Waals surface area contributed by atoms with E-state index in [2.05, 4.69) is 32.3 Å². The molecule has 1 aromatic heterocycles. The van der Waals surface area contributed by atoms with E-state index >= 15 is 0 Å². The Morgan fingerprint density at radius 1 is 1.24 bits per heavy atom. The molecule has 1 saturated carbocycles. The highest BCUT2D eigenvalue weighted by Crippen LogP contribution is 2.38. The maximum absolute atomic E-state index is 14.3. The van der Waals surface area contributed by atoms with Crippen molar-refractivity contribution in [1.29, 1.82) is 5.26 Å². The smallest absolute Gasteiger partial charge is 0.259 e. The number of methoxy groups -OCH3 is 1. The summed E-state index contributed by atoms with van der Waals surface area (Å²) in [5.74, 6) is -0.567. The molecular formula is C27H26BrCl2N5O6. The Bertz CT molecular complexity index is 1480. The third kappa shape index (κ3) is 5.74. The Kier molecular flexibility index (Phi) is 8.98. The van der Waals surface area contributed by atoms with E-state index in [-0.39, 0.29) is 0 Å². The number of aliphatic hydroxyl groups is 3. The molecule has 0 radical (unpaired) electrons. The van der Waals surface area contributed by atoms with E-state index in [1.165, 1.54) is 16.7 Å². The molecule has 2 heterocycles. The Hall–Kier alpha value is -2.60. The second-order valence-corrected chi connectivity index (χ2v) is 11.6. The SMILES string of the molecule is COC1C(C(=O)N(c2cc(Br)cc(C#N)c2)[C@@H]2CC[C@H]2O)OC(CO)C(O)C1n1cc(-c2ccc(Cl)c(Cl)c2)nn1. The molecule has 1 saturated heterocycles. The number of carbonyl (C=O) groups excluding carboxylic acids is 1. The number of nitriles is 1. The van der Waals surface area contributed by atoms with Gasteiger partial charge in [0.1, 0.15) is 30.0 Å². The van der Waals surface area contributed by atoms with E-state index in [1.54, 1.807) is 42.6 Å². The third-order valence-electron chi connectivity index (χ3n) is 7.48. The topological polar surface area (TPSA) is 154 Å². The van der Waals surface area contributed by atoms with Crippen molar-refractivity contribution in [3.8, 4) is 17.3 Å². The van der Waals surface area contributed by atoms with Crippen molar-refractivity contribution in [3.63, 3.8) is 0 Å². The predicted molar refractivity (Wildman–Crippen MR) is 152 cm³/mol. The molecule has 1 amide bonds. The van der Waals surface area contributed by atoms with Crippen molar-refractivity contribution >= 4 is 50.7 Å². The number of carbonyl (C=O) groups is 1. The molecule has 11 nitrogen and oxygen atoms in total. The zero-order chi connectivity index (χ0) is 29.4. The second kappa shape index (κ2) is 12.3. The largest absolute Gasteiger partial charge is 0.394 e. The van der Waals surface area contributed by atoms with Gasteiger partial charge in [0.25, 0.3) is 5.91 Å². The average Bonchev–Trinajstić information content (AvgIpc) is 3.45. The fraction of sp³-hybridized carbons (Fsp3) is 0.407. The highest BCUT2D eigenvalue weighted by atomic mass is 79.9. The summed E-state index contributed by atoms with van der Waals surface area (Å²) in [6.45, 7) is -0.590. The van der Waals surface area contributed by atoms with Crippen molar-refractivity contribution in [2.24, 2.45) is 0 Å². The van der Waals surface area contributed by atoms with Crippen LogP contribution in [0.5, 0.6) is 0 Å². The van der Waals surface area contributed by atoms with Crippen molar-refractivity contribution in [3.05, 3.63) is 62.7 Å². The van der Waals surface area contributed by atoms with Gasteiger partial charge in [-0.1, -0.05) is 50.4 Å². The number of anilines is 1. The van der Waals surface area contributed by atoms with Crippen molar-refractivity contribution in [2.75, 3.05) is 18.6 Å². The lowest BCUT2D eigenvalue weighted by atomic mass is 9.85. The highest BCUT2D eigenvalue weighted by molar-refractivity contribution is 9.10. The number of aliphatic hydroxyl groups excluding tert-OH is 3. The summed E-state index contributed by atoms with van der Waals surface area (Å²) in [6.07, 6.45) is -3.07. The van der Waals surface area contributed by atoms with Crippen LogP contribution in [0.2, 0.25) is 10.0 Å². The maximum Gasteiger partial charge on any atom is 0.259 e. The summed E-state index contributed by atoms with van der Waals surface area (Å²) >= 11 is 15.6. The van der Waals surface area contributed by atoms with Crippen LogP contribution in [0.15, 0.2) is 47.1 Å². The molecule has 5 rings (SSSR count). The lowest BCUT2D eigenvalue weighted by Gasteiger charge is -2.47. The third-order valence-corrected chi connectivity index (χ3v) is 8.67. The Labute approximate surface area is 253 Å². The molecule has 2 aliphatic rings. The first-order valence-electron chi connectivity index (χ1n) is 12.7. The molecule has 1 aliphatic heterocycles. The van der Waals surface area contributed by atoms with Gasteiger partial charge >= 0.3 is 0 Å². The molecule has 2 fully saturated rings. The number of hydrogen-bond donors (Lipinski definition) is 3. The van der Waals surface area contributed by atoms with E-state index in [0.717, 1.165) is 0 Å². The molecule has 2 aromatic carbocycles. The summed E-state index contributed by atoms with van der Waals surface area (Å²) in [5, 5.41) is 50.5. The van der Waals surface area contributed by atoms with E-state index in [4.69, 9.17) is 32.7 Å². The van der Waals surface area contributed by atoms with Crippen molar-refractivity contribution in [2.45, 2.75) is 55.4 Å². The first kappa shape index (κ1) is 29.9. The van der Waals surface area contributed by atoms with Crippen LogP contribution in [0.1, 0.15) is 24.4 Å². The summed E-state index contributed by atoms with van der Waals surface area (Å²) in [6, 6.07) is 10.3. The number of benzene rings is 2. The number of aromatic nitrogens is 3. The minimum atomic E-state index is -1.32. The van der Waals surface area contributed by atoms with Crippen LogP contribution in [0.3, 0.4) is 0 Å². The van der Waals surface area contributed by atoms with E-state index in [0.29, 0.717) is 49.9 Å². The summed E-state index contributed by atoms with van der Waals surface area (Å²) in [7, 11) is 1.37. The van der Waals surface area contributed by atoms with E-state index < -0.39 is 55.1 Å². The molecular weight excluding hydrogens is 641 g/mol. The Balaban J connectivity index is 1.53. The van der Waals surface area contributed by atoms with Crippen LogP contribution >= 0.6 is 39.1 Å². The average molecular weight is 667 g/mol. The van der Waals surface area contributed by atoms with Crippen LogP contribution in [-0.4, -0.2) is 86.5 Å². The number of hydrogen-bond acceptors (Lipinski definition) is 9. The van der Waals surface area contributed by atoms with Crippen LogP contribution in [-0.2, 0) is 14.3 Å². The first-order valence-corrected chi connectivity index (χ1v) is 14.3. The number of rotatable bonds is 7. The molecule has 5 unspecified atom stereocenters. The summed E-state index contributed by atoms with van der Waals surface area (Å²) in [5.41, 5.74) is 1.75. The fourth-order valence-electron chi connectivity index (χ4n) is 5.23. The summed E-state index contributed by atoms with van der Waals surface area (Å²) in [4.78, 5) is 15.7. The van der Waals surface area contributed by atoms with Gasteiger partial charge in [-0.2, -0.15) is 5.26 Å². The van der Waals surface area contributed by atoms with Crippen LogP contribution in [0.4, 0.5) is 5.69 Å². The number of nitrogens with zero attached hydrogens (tertiary/aromatic N) is 5. The molecule has 0 bridgehead atoms. The van der Waals surface area contributed by atoms with Gasteiger partial charge in [-0.05, 0) is 43.2 Å². The fourth-order valence-corrected chi connectivity index (χ4v) is 6.01. The lowest BCUT2D eigenvalue weighted by Crippen LogP contribution is -2.64. The van der Waals surface area contributed by atoms with Gasteiger partial charge < -0.3 is 29.7 Å². The van der Waals surface area contributed by atoms with Crippen LogP contribution < -0.4 is 4.90 Å². The van der Waals surface area contributed by atoms with Crippen molar-refractivity contribution < 1.29 is 29.6 Å². The second-order valence-electron chi connectivity index (χ2n) is 9.90. The minimum absolute atomic E-state index is 0.313. The van der Waals surface area contributed by atoms with Crippen molar-refractivity contribution in [1.82, 2.24) is 15.0 Å². The highest BCUT2D eigenvalue weighted by Gasteiger charge is 2.52. The van der Waals surface area contributed by atoms with Gasteiger partial charge in [0.15, 0.2) is 6.10 Å². The Morgan fingerprint density at radius 3 is 2.63 bits per heavy atom. The monoisotopic (exact) mass is 665 g/mol. The van der Waals surface area contributed by atoms with Gasteiger partial charge in [-0.3, -0.25) is 4.79 Å². The maximum atomic E-state index is 14.3. The number of ether oxygens (including phenoxy) is 2. The molecule has 0 spiro atoms. The lowest BCUT2D eigenvalue weighted by molar-refractivity contribution is -0.211. The zero-order valence-electron chi connectivity index (χ0n) is 21.6. The normalized spacial score (nSPS) is 27.6. The Morgan fingerprint density at radius 2 is 2.02 bits per heavy atom. The van der Waals surface area contributed by atoms with Gasteiger partial charge in [0.05, 0.1) is 46.6 Å². The minimum Gasteiger partial charge on any atom is -0.394 e. The molecule has 41 heavy (non-hydrogen) atoms. The predicted octanol–water partition coefficient (Wildman–Crippen LogP) is 3.12. The molecule has 216 valence electrons. The number of halogens is 3. The van der Waals surface area contributed by atoms with Crippen LogP contribution in [0, 0.1) is 11.3 Å². The molecule has 3 aromatic rings. The molecule has 14 heteroatoms. The van der Waals surface area contributed by atoms with Gasteiger partial charge in [0, 0.05) is 22.8 Å². The standard InChI is InChI=1S/C27H26BrCl2N5O6/c1-40-25-23(34-11-19(32-33-34)14-2-3-17(29)18(30)8-14)24(38)22(12-36)41-26(25)27(39)35(20-4-5-21(20)37)16-7-13(10-31)6-15(28)9-16/h2-3,6-9,11,20-26,36-38H,4-5,12H2,1H3/t20-,21-,22?,23?,24?,25?,26?/m1/s1. The number of amides is 1. The van der Waals surface area contributed by atoms with E-state index in [9.17, 15) is 25.4 Å². The van der Waals surface area contributed by atoms with Crippen LogP contribution in [0.25, 0.3) is 11.3 Å². The van der Waals surface area contributed by atoms with E-state index in [1.807, 2.05) is 0 Å². The zero-order valence-corrected chi connectivity index (χ0v) is 24.7. The van der Waals surface area contributed by atoms with Gasteiger partial charge in [-0.15, -0.1) is 5.10 Å². The quantitative estimate of drug-likeness (QED) is 0.345. The summed E-state index contributed by atoms with van der Waals surface area (Å²) < 4.78 is 13.7. The first-order chi connectivity index (χ1) is 19.7. The molecule has 1 aliphatic carbocycles.